The molecule has 0 saturated heterocycles. The van der Waals surface area contributed by atoms with Crippen molar-refractivity contribution in [2.75, 3.05) is 26.8 Å². The van der Waals surface area contributed by atoms with E-state index in [-0.39, 0.29) is 12.8 Å². The molecule has 0 heterocycles. The Morgan fingerprint density at radius 1 is 1.22 bits per heavy atom. The second kappa shape index (κ2) is 14.0. The van der Waals surface area contributed by atoms with Crippen LogP contribution in [0.25, 0.3) is 0 Å². The first-order valence-corrected chi connectivity index (χ1v) is 12.0. The quantitative estimate of drug-likeness (QED) is 0.237. The third kappa shape index (κ3) is 7.89. The molecule has 0 radical (unpaired) electrons. The number of nitrogens with one attached hydrogen (secondary N) is 2. The molecule has 3 N–H and O–H groups in total. The lowest BCUT2D eigenvalue weighted by Gasteiger charge is -2.39. The Morgan fingerprint density at radius 2 is 1.94 bits per heavy atom. The zero-order valence-corrected chi connectivity index (χ0v) is 20.1. The van der Waals surface area contributed by atoms with E-state index in [1.165, 1.54) is 7.11 Å². The molecule has 0 aliphatic heterocycles. The van der Waals surface area contributed by atoms with Gasteiger partial charge in [-0.3, -0.25) is 4.79 Å². The second-order valence-electron chi connectivity index (χ2n) is 7.96. The third-order valence-electron chi connectivity index (χ3n) is 5.62. The highest BCUT2D eigenvalue weighted by Gasteiger charge is 2.46. The predicted octanol–water partition coefficient (Wildman–Crippen LogP) is 2.26. The van der Waals surface area contributed by atoms with Crippen LogP contribution in [-0.4, -0.2) is 72.8 Å². The van der Waals surface area contributed by atoms with Gasteiger partial charge in [-0.15, -0.1) is 23.2 Å². The lowest BCUT2D eigenvalue weighted by molar-refractivity contribution is -0.147. The Labute approximate surface area is 200 Å². The summed E-state index contributed by atoms with van der Waals surface area (Å²) in [5.41, 5.74) is 0.875. The number of halogens is 2. The van der Waals surface area contributed by atoms with Crippen molar-refractivity contribution in [3.8, 4) is 0 Å². The number of hydrogen-bond donors (Lipinski definition) is 3. The van der Waals surface area contributed by atoms with Gasteiger partial charge in [0.05, 0.1) is 36.0 Å². The molecule has 0 bridgehead atoms. The maximum Gasteiger partial charge on any atom is 0.328 e. The minimum atomic E-state index is -1.14. The fourth-order valence-corrected chi connectivity index (χ4v) is 4.72. The molecule has 1 aromatic carbocycles. The number of unbranched alkanes of at least 4 members (excludes halogenated alkanes) is 1. The van der Waals surface area contributed by atoms with Gasteiger partial charge in [0.2, 0.25) is 5.91 Å². The van der Waals surface area contributed by atoms with Crippen LogP contribution >= 0.6 is 23.2 Å². The molecule has 9 heteroatoms. The molecule has 1 aromatic rings. The summed E-state index contributed by atoms with van der Waals surface area (Å²) in [5, 5.41) is 15.3. The Kier molecular flexibility index (Phi) is 11.8. The molecule has 32 heavy (non-hydrogen) atoms. The van der Waals surface area contributed by atoms with Crippen LogP contribution in [0, 0.1) is 5.92 Å². The molecule has 7 nitrogen and oxygen atoms in total. The fraction of sp³-hybridized carbons (Fsp3) is 0.652. The van der Waals surface area contributed by atoms with Gasteiger partial charge in [0, 0.05) is 13.0 Å². The standard InChI is InChI=1S/C23H34Cl2N2O5/c1-3-26-11-7-8-12-32-21-17(24)14-16(20(28)19(21)25)22(29)27-18(23(30)31-2)13-15-9-5-4-6-10-15/h4-6,9-10,16-21,26,28H,3,7-8,11-14H2,1-2H3,(H,27,29)/t16?,17?,18-,19?,20?,21?/m0/s1. The van der Waals surface area contributed by atoms with E-state index in [0.717, 1.165) is 31.5 Å². The van der Waals surface area contributed by atoms with Crippen molar-refractivity contribution in [3.05, 3.63) is 35.9 Å². The molecule has 0 aromatic heterocycles. The van der Waals surface area contributed by atoms with Gasteiger partial charge in [0.25, 0.3) is 0 Å². The number of benzene rings is 1. The number of hydrogen-bond acceptors (Lipinski definition) is 6. The van der Waals surface area contributed by atoms with Gasteiger partial charge in [-0.2, -0.15) is 0 Å². The Balaban J connectivity index is 1.94. The normalized spacial score (nSPS) is 26.3. The summed E-state index contributed by atoms with van der Waals surface area (Å²) < 4.78 is 10.7. The Hall–Kier alpha value is -1.38. The summed E-state index contributed by atoms with van der Waals surface area (Å²) in [4.78, 5) is 25.2. The molecule has 0 spiro atoms. The van der Waals surface area contributed by atoms with Gasteiger partial charge in [-0.05, 0) is 37.9 Å². The van der Waals surface area contributed by atoms with Gasteiger partial charge in [0.1, 0.15) is 6.04 Å². The monoisotopic (exact) mass is 488 g/mol. The van der Waals surface area contributed by atoms with Crippen LogP contribution < -0.4 is 10.6 Å². The van der Waals surface area contributed by atoms with Crippen LogP contribution in [0.4, 0.5) is 0 Å². The van der Waals surface area contributed by atoms with Crippen LogP contribution in [0.5, 0.6) is 0 Å². The van der Waals surface area contributed by atoms with E-state index in [1.807, 2.05) is 30.3 Å². The van der Waals surface area contributed by atoms with E-state index >= 15 is 0 Å². The first kappa shape index (κ1) is 26.9. The molecule has 1 aliphatic rings. The number of alkyl halides is 2. The van der Waals surface area contributed by atoms with Crippen LogP contribution in [0.2, 0.25) is 0 Å². The highest BCUT2D eigenvalue weighted by Crippen LogP contribution is 2.34. The molecular formula is C23H34Cl2N2O5. The van der Waals surface area contributed by atoms with Crippen molar-refractivity contribution in [1.82, 2.24) is 10.6 Å². The summed E-state index contributed by atoms with van der Waals surface area (Å²) in [6, 6.07) is 8.42. The zero-order valence-electron chi connectivity index (χ0n) is 18.6. The Morgan fingerprint density at radius 3 is 2.59 bits per heavy atom. The van der Waals surface area contributed by atoms with Crippen molar-refractivity contribution in [2.45, 2.75) is 61.6 Å². The lowest BCUT2D eigenvalue weighted by atomic mass is 9.83. The first-order valence-electron chi connectivity index (χ1n) is 11.1. The number of esters is 1. The maximum absolute atomic E-state index is 12.9. The van der Waals surface area contributed by atoms with E-state index in [4.69, 9.17) is 32.7 Å². The summed E-state index contributed by atoms with van der Waals surface area (Å²) in [6.45, 7) is 4.37. The number of methoxy groups -OCH3 is 1. The number of rotatable bonds is 12. The van der Waals surface area contributed by atoms with Gasteiger partial charge in [-0.1, -0.05) is 37.3 Å². The van der Waals surface area contributed by atoms with E-state index in [9.17, 15) is 14.7 Å². The number of carbonyl (C=O) groups excluding carboxylic acids is 2. The lowest BCUT2D eigenvalue weighted by Crippen LogP contribution is -2.56. The van der Waals surface area contributed by atoms with Crippen molar-refractivity contribution in [3.63, 3.8) is 0 Å². The van der Waals surface area contributed by atoms with Crippen LogP contribution in [0.1, 0.15) is 31.7 Å². The van der Waals surface area contributed by atoms with E-state index in [0.29, 0.717) is 6.61 Å². The van der Waals surface area contributed by atoms with Crippen molar-refractivity contribution in [2.24, 2.45) is 5.92 Å². The summed E-state index contributed by atoms with van der Waals surface area (Å²) >= 11 is 12.9. The van der Waals surface area contributed by atoms with Crippen molar-refractivity contribution >= 4 is 35.1 Å². The third-order valence-corrected chi connectivity index (χ3v) is 6.55. The summed E-state index contributed by atoms with van der Waals surface area (Å²) in [6.07, 6.45) is 0.571. The van der Waals surface area contributed by atoms with E-state index in [1.54, 1.807) is 0 Å². The average Bonchev–Trinajstić information content (AvgIpc) is 2.80. The topological polar surface area (TPSA) is 96.9 Å². The fourth-order valence-electron chi connectivity index (χ4n) is 3.80. The van der Waals surface area contributed by atoms with E-state index < -0.39 is 46.8 Å². The number of carbonyl (C=O) groups is 2. The molecular weight excluding hydrogens is 455 g/mol. The molecule has 1 saturated carbocycles. The van der Waals surface area contributed by atoms with E-state index in [2.05, 4.69) is 17.6 Å². The molecule has 1 fully saturated rings. The minimum Gasteiger partial charge on any atom is -0.467 e. The number of amides is 1. The summed E-state index contributed by atoms with van der Waals surface area (Å²) in [7, 11) is 1.27. The van der Waals surface area contributed by atoms with Gasteiger partial charge in [-0.25, -0.2) is 4.79 Å². The number of ether oxygens (including phenoxy) is 2. The van der Waals surface area contributed by atoms with Crippen LogP contribution in [0.3, 0.4) is 0 Å². The molecule has 180 valence electrons. The van der Waals surface area contributed by atoms with Gasteiger partial charge < -0.3 is 25.2 Å². The molecule has 1 amide bonds. The SMILES string of the molecule is CCNCCCCOC1C(Cl)CC(C(=O)N[C@@H](Cc2ccccc2)C(=O)OC)C(O)C1Cl. The maximum atomic E-state index is 12.9. The first-order chi connectivity index (χ1) is 15.4. The van der Waals surface area contributed by atoms with Gasteiger partial charge >= 0.3 is 5.97 Å². The Bertz CT molecular complexity index is 709. The average molecular weight is 489 g/mol. The highest BCUT2D eigenvalue weighted by atomic mass is 35.5. The number of aliphatic hydroxyl groups is 1. The van der Waals surface area contributed by atoms with Crippen LogP contribution in [0.15, 0.2) is 30.3 Å². The predicted molar refractivity (Wildman–Crippen MR) is 125 cm³/mol. The molecule has 6 atom stereocenters. The second-order valence-corrected chi connectivity index (χ2v) is 9.03. The molecule has 5 unspecified atom stereocenters. The van der Waals surface area contributed by atoms with Crippen molar-refractivity contribution in [1.29, 1.82) is 0 Å². The largest absolute Gasteiger partial charge is 0.467 e. The minimum absolute atomic E-state index is 0.194. The van der Waals surface area contributed by atoms with Crippen molar-refractivity contribution < 1.29 is 24.2 Å². The highest BCUT2D eigenvalue weighted by molar-refractivity contribution is 6.25. The smallest absolute Gasteiger partial charge is 0.328 e. The molecule has 2 rings (SSSR count). The summed E-state index contributed by atoms with van der Waals surface area (Å²) in [5.74, 6) is -1.89. The zero-order chi connectivity index (χ0) is 23.5. The number of aliphatic hydroxyl groups excluding tert-OH is 1. The molecule has 1 aliphatic carbocycles. The van der Waals surface area contributed by atoms with Gasteiger partial charge in [0.15, 0.2) is 0 Å². The van der Waals surface area contributed by atoms with Crippen LogP contribution in [-0.2, 0) is 25.5 Å².